The molecule has 4 heteroatoms. The van der Waals surface area contributed by atoms with Crippen molar-refractivity contribution in [2.45, 2.75) is 26.7 Å². The Labute approximate surface area is 90.4 Å². The summed E-state index contributed by atoms with van der Waals surface area (Å²) in [7, 11) is 0. The summed E-state index contributed by atoms with van der Waals surface area (Å²) < 4.78 is 0. The zero-order valence-electron chi connectivity index (χ0n) is 9.20. The molecule has 0 aliphatic carbocycles. The van der Waals surface area contributed by atoms with Crippen molar-refractivity contribution < 1.29 is 0 Å². The van der Waals surface area contributed by atoms with E-state index in [0.717, 1.165) is 13.0 Å². The molecule has 0 bridgehead atoms. The van der Waals surface area contributed by atoms with Gasteiger partial charge in [-0.15, -0.1) is 0 Å². The van der Waals surface area contributed by atoms with E-state index in [0.29, 0.717) is 17.4 Å². The Morgan fingerprint density at radius 1 is 1.40 bits per heavy atom. The van der Waals surface area contributed by atoms with Gasteiger partial charge in [0.15, 0.2) is 11.5 Å². The normalized spacial score (nSPS) is 10.0. The van der Waals surface area contributed by atoms with Gasteiger partial charge < -0.3 is 5.32 Å². The smallest absolute Gasteiger partial charge is 0.182 e. The topological polar surface area (TPSA) is 61.6 Å². The lowest BCUT2D eigenvalue weighted by atomic mass is 10.1. The van der Waals surface area contributed by atoms with Crippen LogP contribution in [0.5, 0.6) is 0 Å². The van der Waals surface area contributed by atoms with Crippen molar-refractivity contribution in [3.05, 3.63) is 18.1 Å². The van der Waals surface area contributed by atoms with Crippen molar-refractivity contribution in [2.24, 2.45) is 5.92 Å². The Morgan fingerprint density at radius 3 is 2.80 bits per heavy atom. The summed E-state index contributed by atoms with van der Waals surface area (Å²) in [5, 5.41) is 11.9. The zero-order valence-corrected chi connectivity index (χ0v) is 9.20. The van der Waals surface area contributed by atoms with Crippen molar-refractivity contribution in [1.82, 2.24) is 9.97 Å². The molecule has 1 heterocycles. The molecule has 0 spiro atoms. The average Bonchev–Trinajstić information content (AvgIpc) is 2.24. The summed E-state index contributed by atoms with van der Waals surface area (Å²) >= 11 is 0. The predicted octanol–water partition coefficient (Wildman–Crippen LogP) is 2.20. The van der Waals surface area contributed by atoms with Crippen LogP contribution in [0.2, 0.25) is 0 Å². The third-order valence-electron chi connectivity index (χ3n) is 2.05. The van der Waals surface area contributed by atoms with Gasteiger partial charge >= 0.3 is 0 Å². The molecule has 0 saturated heterocycles. The van der Waals surface area contributed by atoms with Crippen LogP contribution in [0.4, 0.5) is 5.82 Å². The van der Waals surface area contributed by atoms with Crippen LogP contribution < -0.4 is 5.32 Å². The van der Waals surface area contributed by atoms with Crippen LogP contribution in [0.3, 0.4) is 0 Å². The highest BCUT2D eigenvalue weighted by atomic mass is 15.0. The van der Waals surface area contributed by atoms with E-state index < -0.39 is 0 Å². The second-order valence-corrected chi connectivity index (χ2v) is 3.83. The minimum Gasteiger partial charge on any atom is -0.368 e. The van der Waals surface area contributed by atoms with E-state index in [2.05, 4.69) is 29.1 Å². The minimum absolute atomic E-state index is 0.363. The largest absolute Gasteiger partial charge is 0.368 e. The molecule has 0 aliphatic heterocycles. The molecular weight excluding hydrogens is 188 g/mol. The highest BCUT2D eigenvalue weighted by molar-refractivity contribution is 5.46. The van der Waals surface area contributed by atoms with Gasteiger partial charge in [0.1, 0.15) is 6.07 Å². The monoisotopic (exact) mass is 204 g/mol. The predicted molar refractivity (Wildman–Crippen MR) is 59.3 cm³/mol. The van der Waals surface area contributed by atoms with Crippen molar-refractivity contribution in [3.8, 4) is 6.07 Å². The zero-order chi connectivity index (χ0) is 11.1. The number of hydrogen-bond acceptors (Lipinski definition) is 4. The molecule has 1 aromatic rings. The van der Waals surface area contributed by atoms with Crippen molar-refractivity contribution >= 4 is 5.82 Å². The fraction of sp³-hybridized carbons (Fsp3) is 0.545. The number of nitrogens with one attached hydrogen (secondary N) is 1. The maximum atomic E-state index is 8.77. The summed E-state index contributed by atoms with van der Waals surface area (Å²) in [6.07, 6.45) is 5.37. The van der Waals surface area contributed by atoms with Gasteiger partial charge in [-0.05, 0) is 18.8 Å². The number of hydrogen-bond donors (Lipinski definition) is 1. The van der Waals surface area contributed by atoms with Crippen LogP contribution >= 0.6 is 0 Å². The van der Waals surface area contributed by atoms with Gasteiger partial charge in [-0.1, -0.05) is 13.8 Å². The number of nitriles is 1. The molecule has 0 atom stereocenters. The van der Waals surface area contributed by atoms with Crippen LogP contribution in [0.25, 0.3) is 0 Å². The van der Waals surface area contributed by atoms with Gasteiger partial charge in [0.2, 0.25) is 0 Å². The van der Waals surface area contributed by atoms with Gasteiger partial charge in [-0.3, -0.25) is 0 Å². The molecular formula is C11H16N4. The van der Waals surface area contributed by atoms with Crippen LogP contribution in [0.15, 0.2) is 12.4 Å². The first kappa shape index (κ1) is 11.4. The summed E-state index contributed by atoms with van der Waals surface area (Å²) in [6, 6.07) is 2.01. The van der Waals surface area contributed by atoms with E-state index in [1.807, 2.05) is 6.07 Å². The Bertz CT molecular complexity index is 341. The molecule has 0 fully saturated rings. The van der Waals surface area contributed by atoms with E-state index in [-0.39, 0.29) is 0 Å². The first-order valence-electron chi connectivity index (χ1n) is 5.19. The van der Waals surface area contributed by atoms with Crippen LogP contribution in [0.1, 0.15) is 32.4 Å². The van der Waals surface area contributed by atoms with Crippen molar-refractivity contribution in [1.29, 1.82) is 5.26 Å². The van der Waals surface area contributed by atoms with Gasteiger partial charge in [-0.2, -0.15) is 5.26 Å². The van der Waals surface area contributed by atoms with Gasteiger partial charge in [0, 0.05) is 18.9 Å². The number of anilines is 1. The van der Waals surface area contributed by atoms with E-state index in [4.69, 9.17) is 5.26 Å². The number of nitrogens with zero attached hydrogens (tertiary/aromatic N) is 3. The number of rotatable bonds is 5. The molecule has 1 rings (SSSR count). The van der Waals surface area contributed by atoms with E-state index in [9.17, 15) is 0 Å². The SMILES string of the molecule is CC(C)CCCNc1nccnc1C#N. The molecule has 1 N–H and O–H groups in total. The molecule has 80 valence electrons. The molecule has 0 unspecified atom stereocenters. The van der Waals surface area contributed by atoms with Crippen molar-refractivity contribution in [2.75, 3.05) is 11.9 Å². The lowest BCUT2D eigenvalue weighted by Crippen LogP contribution is -2.06. The maximum absolute atomic E-state index is 8.77. The van der Waals surface area contributed by atoms with E-state index in [1.54, 1.807) is 6.20 Å². The van der Waals surface area contributed by atoms with Crippen LogP contribution in [0, 0.1) is 17.2 Å². The third kappa shape index (κ3) is 3.94. The standard InChI is InChI=1S/C11H16N4/c1-9(2)4-3-5-14-11-10(8-12)13-6-7-15-11/h6-7,9H,3-5H2,1-2H3,(H,14,15). The van der Waals surface area contributed by atoms with Gasteiger partial charge in [0.05, 0.1) is 0 Å². The van der Waals surface area contributed by atoms with Gasteiger partial charge in [-0.25, -0.2) is 9.97 Å². The summed E-state index contributed by atoms with van der Waals surface area (Å²) in [6.45, 7) is 5.23. The Balaban J connectivity index is 2.41. The highest BCUT2D eigenvalue weighted by Gasteiger charge is 2.02. The quantitative estimate of drug-likeness (QED) is 0.747. The van der Waals surface area contributed by atoms with E-state index in [1.165, 1.54) is 12.6 Å². The molecule has 4 nitrogen and oxygen atoms in total. The molecule has 0 aromatic carbocycles. The number of aromatic nitrogens is 2. The second kappa shape index (κ2) is 5.97. The molecule has 0 amide bonds. The fourth-order valence-electron chi connectivity index (χ4n) is 1.27. The maximum Gasteiger partial charge on any atom is 0.182 e. The first-order valence-corrected chi connectivity index (χ1v) is 5.19. The molecule has 1 aromatic heterocycles. The second-order valence-electron chi connectivity index (χ2n) is 3.83. The Hall–Kier alpha value is -1.63. The third-order valence-corrected chi connectivity index (χ3v) is 2.05. The first-order chi connectivity index (χ1) is 7.24. The Kier molecular flexibility index (Phi) is 4.55. The molecule has 0 saturated carbocycles. The molecule has 0 radical (unpaired) electrons. The summed E-state index contributed by atoms with van der Waals surface area (Å²) in [5.41, 5.74) is 0.363. The minimum atomic E-state index is 0.363. The average molecular weight is 204 g/mol. The fourth-order valence-corrected chi connectivity index (χ4v) is 1.27. The van der Waals surface area contributed by atoms with Crippen LogP contribution in [-0.4, -0.2) is 16.5 Å². The summed E-state index contributed by atoms with van der Waals surface area (Å²) in [5.74, 6) is 1.30. The van der Waals surface area contributed by atoms with E-state index >= 15 is 0 Å². The lowest BCUT2D eigenvalue weighted by molar-refractivity contribution is 0.566. The molecule has 0 aliphatic rings. The summed E-state index contributed by atoms with van der Waals surface area (Å²) in [4.78, 5) is 7.99. The molecule has 15 heavy (non-hydrogen) atoms. The van der Waals surface area contributed by atoms with Gasteiger partial charge in [0.25, 0.3) is 0 Å². The van der Waals surface area contributed by atoms with Crippen LogP contribution in [-0.2, 0) is 0 Å². The van der Waals surface area contributed by atoms with Crippen molar-refractivity contribution in [3.63, 3.8) is 0 Å². The lowest BCUT2D eigenvalue weighted by Gasteiger charge is -2.07. The Morgan fingerprint density at radius 2 is 2.13 bits per heavy atom. The highest BCUT2D eigenvalue weighted by Crippen LogP contribution is 2.08.